The number of benzene rings is 2. The van der Waals surface area contributed by atoms with Gasteiger partial charge >= 0.3 is 0 Å². The summed E-state index contributed by atoms with van der Waals surface area (Å²) in [6.07, 6.45) is 5.83. The molecule has 0 aromatic heterocycles. The summed E-state index contributed by atoms with van der Waals surface area (Å²) in [6, 6.07) is 15.0. The molecule has 6 heteroatoms. The number of hydrogen-bond acceptors (Lipinski definition) is 5. The molecular formula is C29H31NO5. The number of amides is 1. The summed E-state index contributed by atoms with van der Waals surface area (Å²) < 4.78 is 17.3. The molecule has 182 valence electrons. The molecule has 1 amide bonds. The fraction of sp³-hybridized carbons (Fsp3) is 0.379. The maximum absolute atomic E-state index is 13.7. The van der Waals surface area contributed by atoms with Crippen LogP contribution in [0, 0.1) is 5.92 Å². The summed E-state index contributed by atoms with van der Waals surface area (Å²) >= 11 is 0. The third kappa shape index (κ3) is 4.45. The first-order valence-corrected chi connectivity index (χ1v) is 12.3. The second kappa shape index (κ2) is 9.98. The molecule has 1 saturated carbocycles. The molecule has 0 radical (unpaired) electrons. The Morgan fingerprint density at radius 1 is 1.09 bits per heavy atom. The molecule has 0 saturated heterocycles. The number of carbonyl (C=O) groups excluding carboxylic acids is 2. The third-order valence-corrected chi connectivity index (χ3v) is 7.20. The van der Waals surface area contributed by atoms with Crippen LogP contribution < -0.4 is 9.47 Å². The van der Waals surface area contributed by atoms with Crippen LogP contribution in [0.3, 0.4) is 0 Å². The molecule has 2 aliphatic heterocycles. The van der Waals surface area contributed by atoms with E-state index in [0.717, 1.165) is 42.6 Å². The molecule has 0 bridgehead atoms. The van der Waals surface area contributed by atoms with Crippen molar-refractivity contribution >= 4 is 11.7 Å². The second-order valence-corrected chi connectivity index (χ2v) is 9.33. The van der Waals surface area contributed by atoms with Crippen LogP contribution in [0.2, 0.25) is 0 Å². The normalized spacial score (nSPS) is 23.5. The second-order valence-electron chi connectivity index (χ2n) is 9.33. The van der Waals surface area contributed by atoms with E-state index in [1.165, 1.54) is 0 Å². The largest absolute Gasteiger partial charge is 0.497 e. The summed E-state index contributed by atoms with van der Waals surface area (Å²) in [5.41, 5.74) is 2.45. The quantitative estimate of drug-likeness (QED) is 0.516. The van der Waals surface area contributed by atoms with Crippen molar-refractivity contribution in [1.82, 2.24) is 4.90 Å². The number of Topliss-reactive ketones (excluding diaryl/α,β-unsaturated/α-hetero) is 1. The van der Waals surface area contributed by atoms with Crippen LogP contribution in [-0.4, -0.2) is 43.0 Å². The molecule has 1 aliphatic carbocycles. The van der Waals surface area contributed by atoms with Crippen LogP contribution in [0.25, 0.3) is 0 Å². The van der Waals surface area contributed by atoms with Crippen molar-refractivity contribution in [2.45, 2.75) is 44.2 Å². The molecule has 2 aromatic rings. The first kappa shape index (κ1) is 23.2. The van der Waals surface area contributed by atoms with Gasteiger partial charge in [-0.1, -0.05) is 43.3 Å². The van der Waals surface area contributed by atoms with Crippen molar-refractivity contribution in [3.8, 4) is 11.5 Å². The first-order valence-electron chi connectivity index (χ1n) is 12.3. The molecular weight excluding hydrogens is 442 g/mol. The van der Waals surface area contributed by atoms with E-state index in [-0.39, 0.29) is 29.5 Å². The highest BCUT2D eigenvalue weighted by molar-refractivity contribution is 6.11. The molecule has 35 heavy (non-hydrogen) atoms. The number of hydrogen-bond donors (Lipinski definition) is 0. The van der Waals surface area contributed by atoms with Gasteiger partial charge < -0.3 is 19.1 Å². The topological polar surface area (TPSA) is 65.1 Å². The van der Waals surface area contributed by atoms with Gasteiger partial charge in [0.15, 0.2) is 11.5 Å². The van der Waals surface area contributed by atoms with Crippen LogP contribution in [0.5, 0.6) is 11.5 Å². The van der Waals surface area contributed by atoms with E-state index in [9.17, 15) is 9.59 Å². The summed E-state index contributed by atoms with van der Waals surface area (Å²) in [5, 5.41) is 0. The lowest BCUT2D eigenvalue weighted by molar-refractivity contribution is -0.135. The highest BCUT2D eigenvalue weighted by Gasteiger charge is 2.51. The fourth-order valence-corrected chi connectivity index (χ4v) is 5.44. The SMILES string of the molecule is C=CCOc1cccc(C2C3=C(OC4CCCCC4C3=O)C(=O)N2CCc2ccc(OC)cc2)c1. The summed E-state index contributed by atoms with van der Waals surface area (Å²) in [4.78, 5) is 29.2. The van der Waals surface area contributed by atoms with Gasteiger partial charge in [-0.15, -0.1) is 0 Å². The zero-order valence-electron chi connectivity index (χ0n) is 20.1. The molecule has 5 rings (SSSR count). The monoisotopic (exact) mass is 473 g/mol. The Morgan fingerprint density at radius 3 is 2.66 bits per heavy atom. The van der Waals surface area contributed by atoms with Crippen molar-refractivity contribution in [3.63, 3.8) is 0 Å². The van der Waals surface area contributed by atoms with E-state index in [1.54, 1.807) is 18.1 Å². The van der Waals surface area contributed by atoms with E-state index < -0.39 is 6.04 Å². The van der Waals surface area contributed by atoms with E-state index in [4.69, 9.17) is 14.2 Å². The summed E-state index contributed by atoms with van der Waals surface area (Å²) in [5.74, 6) is 1.42. The van der Waals surface area contributed by atoms with Crippen molar-refractivity contribution in [3.05, 3.63) is 83.6 Å². The van der Waals surface area contributed by atoms with E-state index >= 15 is 0 Å². The zero-order chi connectivity index (χ0) is 24.4. The van der Waals surface area contributed by atoms with Crippen LogP contribution >= 0.6 is 0 Å². The number of ether oxygens (including phenoxy) is 3. The highest BCUT2D eigenvalue weighted by atomic mass is 16.5. The average Bonchev–Trinajstić information content (AvgIpc) is 3.18. The van der Waals surface area contributed by atoms with Crippen molar-refractivity contribution in [2.24, 2.45) is 5.92 Å². The number of nitrogens with zero attached hydrogens (tertiary/aromatic N) is 1. The van der Waals surface area contributed by atoms with Gasteiger partial charge in [0.1, 0.15) is 24.2 Å². The Balaban J connectivity index is 1.48. The highest BCUT2D eigenvalue weighted by Crippen LogP contribution is 2.47. The van der Waals surface area contributed by atoms with E-state index in [0.29, 0.717) is 30.9 Å². The predicted octanol–water partition coefficient (Wildman–Crippen LogP) is 4.80. The van der Waals surface area contributed by atoms with Crippen molar-refractivity contribution in [1.29, 1.82) is 0 Å². The first-order chi connectivity index (χ1) is 17.1. The number of carbonyl (C=O) groups is 2. The molecule has 3 unspecified atom stereocenters. The van der Waals surface area contributed by atoms with Gasteiger partial charge in [-0.25, -0.2) is 0 Å². The average molecular weight is 474 g/mol. The van der Waals surface area contributed by atoms with Crippen molar-refractivity contribution in [2.75, 3.05) is 20.3 Å². The molecule has 2 aromatic carbocycles. The van der Waals surface area contributed by atoms with Gasteiger partial charge in [0.2, 0.25) is 0 Å². The Hall–Kier alpha value is -3.54. The summed E-state index contributed by atoms with van der Waals surface area (Å²) in [7, 11) is 1.64. The maximum atomic E-state index is 13.7. The smallest absolute Gasteiger partial charge is 0.290 e. The number of ketones is 1. The van der Waals surface area contributed by atoms with Crippen LogP contribution in [-0.2, 0) is 20.7 Å². The number of fused-ring (bicyclic) bond motifs is 1. The molecule has 0 spiro atoms. The minimum atomic E-state index is -0.488. The maximum Gasteiger partial charge on any atom is 0.290 e. The molecule has 6 nitrogen and oxygen atoms in total. The van der Waals surface area contributed by atoms with Crippen molar-refractivity contribution < 1.29 is 23.8 Å². The lowest BCUT2D eigenvalue weighted by Gasteiger charge is -2.35. The van der Waals surface area contributed by atoms with Crippen LogP contribution in [0.1, 0.15) is 42.9 Å². The minimum Gasteiger partial charge on any atom is -0.497 e. The molecule has 3 aliphatic rings. The molecule has 0 N–H and O–H groups in total. The minimum absolute atomic E-state index is 0.0682. The predicted molar refractivity (Wildman–Crippen MR) is 132 cm³/mol. The Morgan fingerprint density at radius 2 is 1.89 bits per heavy atom. The van der Waals surface area contributed by atoms with Gasteiger partial charge in [0, 0.05) is 6.54 Å². The molecule has 3 atom stereocenters. The standard InChI is InChI=1S/C29H31NO5/c1-3-17-34-22-8-6-7-20(18-22)26-25-27(31)23-9-4-5-10-24(23)35-28(25)29(32)30(26)16-15-19-11-13-21(33-2)14-12-19/h3,6-8,11-14,18,23-24,26H,1,4-5,9-10,15-17H2,2H3. The van der Waals surface area contributed by atoms with Gasteiger partial charge in [-0.05, 0) is 61.1 Å². The van der Waals surface area contributed by atoms with Gasteiger partial charge in [0.25, 0.3) is 5.91 Å². The Bertz CT molecular complexity index is 1150. The van der Waals surface area contributed by atoms with Crippen LogP contribution in [0.15, 0.2) is 72.5 Å². The van der Waals surface area contributed by atoms with E-state index in [1.807, 2.05) is 48.5 Å². The fourth-order valence-electron chi connectivity index (χ4n) is 5.44. The van der Waals surface area contributed by atoms with Gasteiger partial charge in [0.05, 0.1) is 24.6 Å². The lowest BCUT2D eigenvalue weighted by Crippen LogP contribution is -2.39. The molecule has 1 fully saturated rings. The number of methoxy groups -OCH3 is 1. The zero-order valence-corrected chi connectivity index (χ0v) is 20.1. The lowest BCUT2D eigenvalue weighted by atomic mass is 9.77. The third-order valence-electron chi connectivity index (χ3n) is 7.20. The van der Waals surface area contributed by atoms with Crippen LogP contribution in [0.4, 0.5) is 0 Å². The van der Waals surface area contributed by atoms with Gasteiger partial charge in [-0.2, -0.15) is 0 Å². The van der Waals surface area contributed by atoms with E-state index in [2.05, 4.69) is 6.58 Å². The molecule has 2 heterocycles. The summed E-state index contributed by atoms with van der Waals surface area (Å²) in [6.45, 7) is 4.56. The Labute approximate surface area is 206 Å². The number of rotatable bonds is 8. The Kier molecular flexibility index (Phi) is 6.62. The van der Waals surface area contributed by atoms with Gasteiger partial charge in [-0.3, -0.25) is 9.59 Å².